The van der Waals surface area contributed by atoms with Gasteiger partial charge in [-0.3, -0.25) is 4.79 Å². The van der Waals surface area contributed by atoms with Crippen molar-refractivity contribution in [1.82, 2.24) is 5.43 Å². The minimum Gasteiger partial charge on any atom is -0.483 e. The number of esters is 1. The van der Waals surface area contributed by atoms with Gasteiger partial charge >= 0.3 is 5.97 Å². The molecule has 0 bridgehead atoms. The van der Waals surface area contributed by atoms with Crippen LogP contribution in [0.3, 0.4) is 0 Å². The molecule has 0 saturated heterocycles. The molecular weight excluding hydrogens is 448 g/mol. The van der Waals surface area contributed by atoms with Gasteiger partial charge in [0.25, 0.3) is 5.91 Å². The highest BCUT2D eigenvalue weighted by molar-refractivity contribution is 9.10. The van der Waals surface area contributed by atoms with Crippen LogP contribution in [0.4, 0.5) is 0 Å². The van der Waals surface area contributed by atoms with E-state index in [-0.39, 0.29) is 12.5 Å². The molecular formula is C23H19BrN2O4. The van der Waals surface area contributed by atoms with Gasteiger partial charge in [-0.05, 0) is 76.9 Å². The molecule has 6 nitrogen and oxygen atoms in total. The van der Waals surface area contributed by atoms with E-state index in [2.05, 4.69) is 26.5 Å². The van der Waals surface area contributed by atoms with Crippen LogP contribution in [0.1, 0.15) is 21.5 Å². The summed E-state index contributed by atoms with van der Waals surface area (Å²) in [5, 5.41) is 3.90. The minimum absolute atomic E-state index is 0.159. The standard InChI is InChI=1S/C23H19BrN2O4/c1-16-6-10-18(11-7-16)23(28)30-19-12-8-17(9-13-19)14-25-26-22(27)15-29-21-5-3-2-4-20(21)24/h2-14H,15H2,1H3,(H,26,27)/b25-14+. The largest absolute Gasteiger partial charge is 0.483 e. The number of benzene rings is 3. The fourth-order valence-electron chi connectivity index (χ4n) is 2.39. The van der Waals surface area contributed by atoms with Gasteiger partial charge in [0.1, 0.15) is 11.5 Å². The van der Waals surface area contributed by atoms with Crippen LogP contribution < -0.4 is 14.9 Å². The number of rotatable bonds is 7. The maximum absolute atomic E-state index is 12.1. The normalized spacial score (nSPS) is 10.6. The van der Waals surface area contributed by atoms with Crippen molar-refractivity contribution in [3.8, 4) is 11.5 Å². The number of nitrogens with one attached hydrogen (secondary N) is 1. The molecule has 0 aromatic heterocycles. The van der Waals surface area contributed by atoms with Crippen LogP contribution in [-0.4, -0.2) is 24.7 Å². The Balaban J connectivity index is 1.47. The fraction of sp³-hybridized carbons (Fsp3) is 0.0870. The van der Waals surface area contributed by atoms with Crippen molar-refractivity contribution in [2.45, 2.75) is 6.92 Å². The maximum Gasteiger partial charge on any atom is 0.343 e. The molecule has 0 unspecified atom stereocenters. The second-order valence-electron chi connectivity index (χ2n) is 6.34. The lowest BCUT2D eigenvalue weighted by molar-refractivity contribution is -0.123. The van der Waals surface area contributed by atoms with E-state index in [4.69, 9.17) is 9.47 Å². The molecule has 0 atom stereocenters. The third kappa shape index (κ3) is 6.28. The van der Waals surface area contributed by atoms with Crippen LogP contribution >= 0.6 is 15.9 Å². The van der Waals surface area contributed by atoms with Gasteiger partial charge in [0.2, 0.25) is 0 Å². The van der Waals surface area contributed by atoms with Crippen molar-refractivity contribution in [1.29, 1.82) is 0 Å². The molecule has 0 fully saturated rings. The quantitative estimate of drug-likeness (QED) is 0.240. The van der Waals surface area contributed by atoms with E-state index in [1.165, 1.54) is 6.21 Å². The number of ether oxygens (including phenoxy) is 2. The highest BCUT2D eigenvalue weighted by Gasteiger charge is 2.08. The van der Waals surface area contributed by atoms with E-state index in [0.29, 0.717) is 17.1 Å². The Labute approximate surface area is 182 Å². The molecule has 3 aromatic rings. The SMILES string of the molecule is Cc1ccc(C(=O)Oc2ccc(/C=N/NC(=O)COc3ccccc3Br)cc2)cc1. The number of nitrogens with zero attached hydrogens (tertiary/aromatic N) is 1. The van der Waals surface area contributed by atoms with Crippen molar-refractivity contribution in [2.75, 3.05) is 6.61 Å². The Morgan fingerprint density at radius 1 is 1.00 bits per heavy atom. The first-order valence-corrected chi connectivity index (χ1v) is 9.89. The van der Waals surface area contributed by atoms with E-state index in [1.54, 1.807) is 42.5 Å². The van der Waals surface area contributed by atoms with E-state index in [9.17, 15) is 9.59 Å². The van der Waals surface area contributed by atoms with Crippen LogP contribution in [0.15, 0.2) is 82.4 Å². The number of carbonyl (C=O) groups excluding carboxylic acids is 2. The zero-order valence-corrected chi connectivity index (χ0v) is 17.8. The topological polar surface area (TPSA) is 77.0 Å². The summed E-state index contributed by atoms with van der Waals surface area (Å²) in [4.78, 5) is 24.0. The van der Waals surface area contributed by atoms with Gasteiger partial charge in [0.15, 0.2) is 6.61 Å². The van der Waals surface area contributed by atoms with E-state index in [0.717, 1.165) is 15.6 Å². The van der Waals surface area contributed by atoms with Crippen molar-refractivity contribution in [3.05, 3.63) is 94.0 Å². The van der Waals surface area contributed by atoms with Crippen LogP contribution in [-0.2, 0) is 4.79 Å². The van der Waals surface area contributed by atoms with Crippen LogP contribution in [0, 0.1) is 6.92 Å². The molecule has 152 valence electrons. The van der Waals surface area contributed by atoms with Gasteiger partial charge in [-0.15, -0.1) is 0 Å². The highest BCUT2D eigenvalue weighted by Crippen LogP contribution is 2.23. The molecule has 1 N–H and O–H groups in total. The average Bonchev–Trinajstić information content (AvgIpc) is 2.75. The Morgan fingerprint density at radius 2 is 1.70 bits per heavy atom. The fourth-order valence-corrected chi connectivity index (χ4v) is 2.79. The Morgan fingerprint density at radius 3 is 2.40 bits per heavy atom. The monoisotopic (exact) mass is 466 g/mol. The van der Waals surface area contributed by atoms with Crippen LogP contribution in [0.2, 0.25) is 0 Å². The second kappa shape index (κ2) is 10.4. The number of hydrazone groups is 1. The molecule has 3 aromatic carbocycles. The molecule has 0 aliphatic heterocycles. The van der Waals surface area contributed by atoms with Crippen molar-refractivity contribution in [2.24, 2.45) is 5.10 Å². The third-order valence-corrected chi connectivity index (χ3v) is 4.63. The third-order valence-electron chi connectivity index (χ3n) is 3.98. The Hall–Kier alpha value is -3.45. The zero-order chi connectivity index (χ0) is 21.3. The first-order chi connectivity index (χ1) is 14.5. The lowest BCUT2D eigenvalue weighted by Gasteiger charge is -2.06. The second-order valence-corrected chi connectivity index (χ2v) is 7.19. The number of carbonyl (C=O) groups is 2. The molecule has 7 heteroatoms. The zero-order valence-electron chi connectivity index (χ0n) is 16.2. The summed E-state index contributed by atoms with van der Waals surface area (Å²) >= 11 is 3.35. The number of hydrogen-bond donors (Lipinski definition) is 1. The Kier molecular flexibility index (Phi) is 7.34. The molecule has 1 amide bonds. The predicted octanol–water partition coefficient (Wildman–Crippen LogP) is 4.51. The summed E-state index contributed by atoms with van der Waals surface area (Å²) in [5.41, 5.74) is 4.69. The first-order valence-electron chi connectivity index (χ1n) is 9.09. The van der Waals surface area contributed by atoms with Crippen molar-refractivity contribution < 1.29 is 19.1 Å². The summed E-state index contributed by atoms with van der Waals surface area (Å²) in [6, 6.07) is 21.2. The van der Waals surface area contributed by atoms with Crippen LogP contribution in [0.5, 0.6) is 11.5 Å². The minimum atomic E-state index is -0.422. The van der Waals surface area contributed by atoms with Gasteiger partial charge in [-0.1, -0.05) is 29.8 Å². The number of halogens is 1. The molecule has 0 spiro atoms. The van der Waals surface area contributed by atoms with Crippen LogP contribution in [0.25, 0.3) is 0 Å². The molecule has 0 aliphatic carbocycles. The summed E-state index contributed by atoms with van der Waals surface area (Å²) in [7, 11) is 0. The lowest BCUT2D eigenvalue weighted by Crippen LogP contribution is -2.24. The number of aryl methyl sites for hydroxylation is 1. The van der Waals surface area contributed by atoms with Gasteiger partial charge in [-0.25, -0.2) is 10.2 Å². The predicted molar refractivity (Wildman–Crippen MR) is 118 cm³/mol. The van der Waals surface area contributed by atoms with Crippen molar-refractivity contribution >= 4 is 34.0 Å². The lowest BCUT2D eigenvalue weighted by atomic mass is 10.1. The van der Waals surface area contributed by atoms with Gasteiger partial charge in [0.05, 0.1) is 16.3 Å². The number of hydrogen-bond acceptors (Lipinski definition) is 5. The molecule has 30 heavy (non-hydrogen) atoms. The smallest absolute Gasteiger partial charge is 0.343 e. The molecule has 0 radical (unpaired) electrons. The van der Waals surface area contributed by atoms with Gasteiger partial charge < -0.3 is 9.47 Å². The summed E-state index contributed by atoms with van der Waals surface area (Å²) in [6.45, 7) is 1.79. The van der Waals surface area contributed by atoms with Gasteiger partial charge in [-0.2, -0.15) is 5.10 Å². The summed E-state index contributed by atoms with van der Waals surface area (Å²) < 4.78 is 11.5. The summed E-state index contributed by atoms with van der Waals surface area (Å²) in [5.74, 6) is 0.190. The van der Waals surface area contributed by atoms with Gasteiger partial charge in [0, 0.05) is 0 Å². The molecule has 0 heterocycles. The van der Waals surface area contributed by atoms with E-state index in [1.807, 2.05) is 37.3 Å². The van der Waals surface area contributed by atoms with E-state index >= 15 is 0 Å². The number of para-hydroxylation sites is 1. The average molecular weight is 467 g/mol. The molecule has 0 saturated carbocycles. The molecule has 3 rings (SSSR count). The maximum atomic E-state index is 12.1. The number of amides is 1. The highest BCUT2D eigenvalue weighted by atomic mass is 79.9. The Bertz CT molecular complexity index is 1050. The first kappa shape index (κ1) is 21.3. The van der Waals surface area contributed by atoms with Crippen molar-refractivity contribution in [3.63, 3.8) is 0 Å². The molecule has 0 aliphatic rings. The summed E-state index contributed by atoms with van der Waals surface area (Å²) in [6.07, 6.45) is 1.49. The van der Waals surface area contributed by atoms with E-state index < -0.39 is 5.97 Å².